The van der Waals surface area contributed by atoms with Crippen molar-refractivity contribution in [2.45, 2.75) is 39.8 Å². The average Bonchev–Trinajstić information content (AvgIpc) is 2.49. The SMILES string of the molecule is CCNC(=NCc1ccc(C(=O)NCC(N)=O)cc1)NC(C)(C)C.I. The molecule has 0 fully saturated rings. The van der Waals surface area contributed by atoms with Crippen molar-refractivity contribution in [3.8, 4) is 0 Å². The lowest BCUT2D eigenvalue weighted by Gasteiger charge is -2.23. The molecule has 0 bridgehead atoms. The summed E-state index contributed by atoms with van der Waals surface area (Å²) < 4.78 is 0. The third-order valence-corrected chi connectivity index (χ3v) is 2.90. The van der Waals surface area contributed by atoms with Gasteiger partial charge in [0, 0.05) is 17.6 Å². The van der Waals surface area contributed by atoms with Crippen molar-refractivity contribution in [1.29, 1.82) is 0 Å². The van der Waals surface area contributed by atoms with Crippen LogP contribution in [0.4, 0.5) is 0 Å². The monoisotopic (exact) mass is 461 g/mol. The van der Waals surface area contributed by atoms with Crippen molar-refractivity contribution in [3.63, 3.8) is 0 Å². The van der Waals surface area contributed by atoms with Crippen molar-refractivity contribution in [1.82, 2.24) is 16.0 Å². The van der Waals surface area contributed by atoms with Crippen molar-refractivity contribution in [2.24, 2.45) is 10.7 Å². The summed E-state index contributed by atoms with van der Waals surface area (Å²) in [5.74, 6) is -0.156. The number of benzene rings is 1. The molecule has 25 heavy (non-hydrogen) atoms. The molecule has 0 aliphatic heterocycles. The van der Waals surface area contributed by atoms with Crippen LogP contribution in [0.5, 0.6) is 0 Å². The van der Waals surface area contributed by atoms with Gasteiger partial charge in [0.15, 0.2) is 5.96 Å². The van der Waals surface area contributed by atoms with E-state index >= 15 is 0 Å². The molecular weight excluding hydrogens is 433 g/mol. The number of primary amides is 1. The number of hydrogen-bond acceptors (Lipinski definition) is 3. The third kappa shape index (κ3) is 9.90. The highest BCUT2D eigenvalue weighted by Gasteiger charge is 2.11. The number of carbonyl (C=O) groups is 2. The molecule has 7 nitrogen and oxygen atoms in total. The number of hydrogen-bond donors (Lipinski definition) is 4. The molecule has 5 N–H and O–H groups in total. The standard InChI is InChI=1S/C17H27N5O2.HI/c1-5-19-16(22-17(2,3)4)21-10-12-6-8-13(9-7-12)15(24)20-11-14(18)23;/h6-9H,5,10-11H2,1-4H3,(H2,18,23)(H,20,24)(H2,19,21,22);1H. The van der Waals surface area contributed by atoms with Crippen molar-refractivity contribution in [3.05, 3.63) is 35.4 Å². The zero-order valence-electron chi connectivity index (χ0n) is 15.2. The lowest BCUT2D eigenvalue weighted by atomic mass is 10.1. The number of nitrogens with one attached hydrogen (secondary N) is 3. The van der Waals surface area contributed by atoms with Gasteiger partial charge in [-0.2, -0.15) is 0 Å². The number of amides is 2. The normalized spacial score (nSPS) is 11.3. The third-order valence-electron chi connectivity index (χ3n) is 2.90. The van der Waals surface area contributed by atoms with Crippen molar-refractivity contribution < 1.29 is 9.59 Å². The van der Waals surface area contributed by atoms with E-state index in [1.165, 1.54) is 0 Å². The molecule has 0 spiro atoms. The number of halogens is 1. The van der Waals surface area contributed by atoms with E-state index in [0.29, 0.717) is 12.1 Å². The predicted molar refractivity (Wildman–Crippen MR) is 111 cm³/mol. The zero-order chi connectivity index (χ0) is 18.2. The molecule has 0 saturated heterocycles. The van der Waals surface area contributed by atoms with E-state index in [0.717, 1.165) is 18.1 Å². The van der Waals surface area contributed by atoms with Gasteiger partial charge in [0.2, 0.25) is 5.91 Å². The van der Waals surface area contributed by atoms with E-state index in [1.807, 2.05) is 19.1 Å². The predicted octanol–water partition coefficient (Wildman–Crippen LogP) is 1.37. The molecule has 140 valence electrons. The summed E-state index contributed by atoms with van der Waals surface area (Å²) in [7, 11) is 0. The molecule has 1 aromatic rings. The fourth-order valence-electron chi connectivity index (χ4n) is 1.86. The van der Waals surface area contributed by atoms with Crippen LogP contribution in [0.2, 0.25) is 0 Å². The van der Waals surface area contributed by atoms with Crippen LogP contribution in [-0.4, -0.2) is 36.4 Å². The molecule has 0 radical (unpaired) electrons. The molecular formula is C17H28IN5O2. The Labute approximate surface area is 166 Å². The number of nitrogens with zero attached hydrogens (tertiary/aromatic N) is 1. The van der Waals surface area contributed by atoms with Gasteiger partial charge < -0.3 is 21.7 Å². The molecule has 2 amide bonds. The smallest absolute Gasteiger partial charge is 0.251 e. The van der Waals surface area contributed by atoms with Gasteiger partial charge in [-0.3, -0.25) is 9.59 Å². The van der Waals surface area contributed by atoms with Crippen LogP contribution in [-0.2, 0) is 11.3 Å². The van der Waals surface area contributed by atoms with Crippen LogP contribution in [0.3, 0.4) is 0 Å². The topological polar surface area (TPSA) is 109 Å². The number of carbonyl (C=O) groups excluding carboxylic acids is 2. The number of rotatable bonds is 6. The van der Waals surface area contributed by atoms with Gasteiger partial charge in [-0.15, -0.1) is 24.0 Å². The maximum absolute atomic E-state index is 11.8. The quantitative estimate of drug-likeness (QED) is 0.292. The first-order valence-electron chi connectivity index (χ1n) is 7.93. The maximum Gasteiger partial charge on any atom is 0.251 e. The first-order valence-corrected chi connectivity index (χ1v) is 7.93. The molecule has 1 rings (SSSR count). The second-order valence-electron chi connectivity index (χ2n) is 6.42. The highest BCUT2D eigenvalue weighted by Crippen LogP contribution is 2.06. The largest absolute Gasteiger partial charge is 0.368 e. The molecule has 8 heteroatoms. The Kier molecular flexibility index (Phi) is 10.1. The van der Waals surface area contributed by atoms with E-state index in [1.54, 1.807) is 12.1 Å². The Balaban J connectivity index is 0.00000576. The minimum absolute atomic E-state index is 0. The molecule has 0 aromatic heterocycles. The van der Waals surface area contributed by atoms with Gasteiger partial charge in [0.1, 0.15) is 0 Å². The van der Waals surface area contributed by atoms with Gasteiger partial charge in [-0.05, 0) is 45.4 Å². The van der Waals surface area contributed by atoms with Crippen LogP contribution in [0.25, 0.3) is 0 Å². The van der Waals surface area contributed by atoms with Gasteiger partial charge in [0.25, 0.3) is 5.91 Å². The molecule has 1 aromatic carbocycles. The summed E-state index contributed by atoms with van der Waals surface area (Å²) in [6, 6.07) is 7.07. The summed E-state index contributed by atoms with van der Waals surface area (Å²) >= 11 is 0. The van der Waals surface area contributed by atoms with E-state index < -0.39 is 5.91 Å². The maximum atomic E-state index is 11.8. The van der Waals surface area contributed by atoms with Gasteiger partial charge in [-0.1, -0.05) is 12.1 Å². The van der Waals surface area contributed by atoms with Gasteiger partial charge in [-0.25, -0.2) is 4.99 Å². The molecule has 0 heterocycles. The Morgan fingerprint density at radius 3 is 2.20 bits per heavy atom. The summed E-state index contributed by atoms with van der Waals surface area (Å²) in [6.45, 7) is 9.32. The van der Waals surface area contributed by atoms with E-state index in [9.17, 15) is 9.59 Å². The van der Waals surface area contributed by atoms with E-state index in [-0.39, 0.29) is 42.0 Å². The summed E-state index contributed by atoms with van der Waals surface area (Å²) in [4.78, 5) is 27.0. The summed E-state index contributed by atoms with van der Waals surface area (Å²) in [5.41, 5.74) is 6.37. The second-order valence-corrected chi connectivity index (χ2v) is 6.42. The van der Waals surface area contributed by atoms with Crippen LogP contribution in [0.15, 0.2) is 29.3 Å². The van der Waals surface area contributed by atoms with Gasteiger partial charge >= 0.3 is 0 Å². The summed E-state index contributed by atoms with van der Waals surface area (Å²) in [6.07, 6.45) is 0. The van der Waals surface area contributed by atoms with E-state index in [2.05, 4.69) is 41.7 Å². The Bertz CT molecular complexity index is 594. The second kappa shape index (κ2) is 10.9. The van der Waals surface area contributed by atoms with Gasteiger partial charge in [0.05, 0.1) is 13.1 Å². The molecule has 0 aliphatic carbocycles. The fraction of sp³-hybridized carbons (Fsp3) is 0.471. The Hall–Kier alpha value is -1.84. The molecule has 0 aliphatic rings. The molecule has 0 saturated carbocycles. The minimum Gasteiger partial charge on any atom is -0.368 e. The van der Waals surface area contributed by atoms with Crippen LogP contribution < -0.4 is 21.7 Å². The Morgan fingerprint density at radius 1 is 1.12 bits per heavy atom. The van der Waals surface area contributed by atoms with Crippen LogP contribution >= 0.6 is 24.0 Å². The lowest BCUT2D eigenvalue weighted by molar-refractivity contribution is -0.117. The first-order chi connectivity index (χ1) is 11.2. The first kappa shape index (κ1) is 23.2. The van der Waals surface area contributed by atoms with Crippen LogP contribution in [0, 0.1) is 0 Å². The average molecular weight is 461 g/mol. The molecule has 0 atom stereocenters. The molecule has 0 unspecified atom stereocenters. The van der Waals surface area contributed by atoms with Crippen LogP contribution in [0.1, 0.15) is 43.6 Å². The fourth-order valence-corrected chi connectivity index (χ4v) is 1.86. The minimum atomic E-state index is -0.573. The highest BCUT2D eigenvalue weighted by atomic mass is 127. The number of aliphatic imine (C=N–C) groups is 1. The lowest BCUT2D eigenvalue weighted by Crippen LogP contribution is -2.47. The van der Waals surface area contributed by atoms with Crippen molar-refractivity contribution in [2.75, 3.05) is 13.1 Å². The van der Waals surface area contributed by atoms with E-state index in [4.69, 9.17) is 5.73 Å². The highest BCUT2D eigenvalue weighted by molar-refractivity contribution is 14.0. The summed E-state index contributed by atoms with van der Waals surface area (Å²) in [5, 5.41) is 8.96. The number of nitrogens with two attached hydrogens (primary N) is 1. The Morgan fingerprint density at radius 2 is 1.72 bits per heavy atom. The number of guanidine groups is 1. The zero-order valence-corrected chi connectivity index (χ0v) is 17.5. The van der Waals surface area contributed by atoms with Crippen molar-refractivity contribution >= 4 is 41.8 Å².